The van der Waals surface area contributed by atoms with Gasteiger partial charge in [0.15, 0.2) is 0 Å². The maximum Gasteiger partial charge on any atom is 0.342 e. The van der Waals surface area contributed by atoms with E-state index in [4.69, 9.17) is 0 Å². The Bertz CT molecular complexity index is 387. The number of hydrogen-bond donors (Lipinski definition) is 3. The minimum Gasteiger partial charge on any atom is -0.479 e. The molecule has 4 nitrogen and oxygen atoms in total. The summed E-state index contributed by atoms with van der Waals surface area (Å²) in [6, 6.07) is 8.18. The summed E-state index contributed by atoms with van der Waals surface area (Å²) in [5, 5.41) is 23.0. The van der Waals surface area contributed by atoms with Crippen LogP contribution >= 0.6 is 0 Å². The molecular formula is C13H17NO3. The van der Waals surface area contributed by atoms with Crippen LogP contribution in [0.4, 0.5) is 0 Å². The fraction of sp³-hybridized carbons (Fsp3) is 0.462. The van der Waals surface area contributed by atoms with Crippen molar-refractivity contribution >= 4 is 5.97 Å². The molecular weight excluding hydrogens is 218 g/mol. The zero-order chi connectivity index (χ0) is 12.3. The Balaban J connectivity index is 2.35. The third kappa shape index (κ3) is 2.18. The van der Waals surface area contributed by atoms with Crippen molar-refractivity contribution in [2.45, 2.75) is 30.9 Å². The molecule has 0 bridgehead atoms. The van der Waals surface area contributed by atoms with Gasteiger partial charge in [0, 0.05) is 0 Å². The molecule has 1 aliphatic heterocycles. The number of piperidine rings is 1. The van der Waals surface area contributed by atoms with E-state index in [0.29, 0.717) is 12.0 Å². The molecule has 0 saturated carbocycles. The van der Waals surface area contributed by atoms with Crippen LogP contribution in [0.3, 0.4) is 0 Å². The normalized spacial score (nSPS) is 23.9. The first kappa shape index (κ1) is 12.1. The van der Waals surface area contributed by atoms with E-state index in [9.17, 15) is 15.0 Å². The SMILES string of the molecule is O=C(O)[C@@](O)(c1ccccc1)[C@@H]1CCCCN1. The Morgan fingerprint density at radius 2 is 2.00 bits per heavy atom. The molecule has 0 spiro atoms. The van der Waals surface area contributed by atoms with Crippen LogP contribution in [-0.2, 0) is 10.4 Å². The van der Waals surface area contributed by atoms with Gasteiger partial charge in [0.05, 0.1) is 6.04 Å². The van der Waals surface area contributed by atoms with Crippen LogP contribution in [0.2, 0.25) is 0 Å². The van der Waals surface area contributed by atoms with Crippen molar-refractivity contribution in [3.63, 3.8) is 0 Å². The molecule has 1 fully saturated rings. The van der Waals surface area contributed by atoms with E-state index in [1.54, 1.807) is 30.3 Å². The Morgan fingerprint density at radius 3 is 2.53 bits per heavy atom. The summed E-state index contributed by atoms with van der Waals surface area (Å²) in [6.07, 6.45) is 2.65. The molecule has 2 atom stereocenters. The third-order valence-corrected chi connectivity index (χ3v) is 3.35. The zero-order valence-electron chi connectivity index (χ0n) is 9.60. The largest absolute Gasteiger partial charge is 0.479 e. The number of aliphatic carboxylic acids is 1. The Morgan fingerprint density at radius 1 is 1.29 bits per heavy atom. The molecule has 4 heteroatoms. The molecule has 2 rings (SSSR count). The standard InChI is InChI=1S/C13H17NO3/c15-12(16)13(17,10-6-2-1-3-7-10)11-8-4-5-9-14-11/h1-3,6-7,11,14,17H,4-5,8-9H2,(H,15,16)/t11-,13+/m0/s1. The highest BCUT2D eigenvalue weighted by molar-refractivity contribution is 5.80. The van der Waals surface area contributed by atoms with Gasteiger partial charge in [0.25, 0.3) is 0 Å². The highest BCUT2D eigenvalue weighted by atomic mass is 16.4. The molecule has 17 heavy (non-hydrogen) atoms. The molecule has 1 aromatic rings. The van der Waals surface area contributed by atoms with Crippen molar-refractivity contribution in [1.82, 2.24) is 5.32 Å². The van der Waals surface area contributed by atoms with E-state index in [1.165, 1.54) is 0 Å². The van der Waals surface area contributed by atoms with Crippen molar-refractivity contribution in [2.24, 2.45) is 0 Å². The maximum absolute atomic E-state index is 11.4. The first-order valence-electron chi connectivity index (χ1n) is 5.90. The molecule has 92 valence electrons. The zero-order valence-corrected chi connectivity index (χ0v) is 9.60. The predicted molar refractivity (Wildman–Crippen MR) is 63.6 cm³/mol. The second kappa shape index (κ2) is 4.85. The van der Waals surface area contributed by atoms with Crippen molar-refractivity contribution in [1.29, 1.82) is 0 Å². The number of carbonyl (C=O) groups is 1. The molecule has 3 N–H and O–H groups in total. The van der Waals surface area contributed by atoms with Gasteiger partial charge in [-0.3, -0.25) is 0 Å². The second-order valence-electron chi connectivity index (χ2n) is 4.44. The molecule has 0 aromatic heterocycles. The van der Waals surface area contributed by atoms with Gasteiger partial charge < -0.3 is 15.5 Å². The van der Waals surface area contributed by atoms with Crippen molar-refractivity contribution in [2.75, 3.05) is 6.54 Å². The number of rotatable bonds is 3. The fourth-order valence-corrected chi connectivity index (χ4v) is 2.37. The number of carboxylic acid groups (broad SMARTS) is 1. The van der Waals surface area contributed by atoms with Gasteiger partial charge in [-0.15, -0.1) is 0 Å². The van der Waals surface area contributed by atoms with Crippen LogP contribution in [0.1, 0.15) is 24.8 Å². The second-order valence-corrected chi connectivity index (χ2v) is 4.44. The molecule has 1 aromatic carbocycles. The molecule has 1 aliphatic rings. The van der Waals surface area contributed by atoms with Crippen LogP contribution in [0.5, 0.6) is 0 Å². The smallest absolute Gasteiger partial charge is 0.342 e. The minimum absolute atomic E-state index is 0.420. The molecule has 1 saturated heterocycles. The van der Waals surface area contributed by atoms with E-state index in [2.05, 4.69) is 5.32 Å². The van der Waals surface area contributed by atoms with Crippen LogP contribution in [0, 0.1) is 0 Å². The number of aliphatic hydroxyl groups is 1. The van der Waals surface area contributed by atoms with Crippen molar-refractivity contribution in [3.05, 3.63) is 35.9 Å². The molecule has 0 unspecified atom stereocenters. The Kier molecular flexibility index (Phi) is 3.45. The van der Waals surface area contributed by atoms with Crippen molar-refractivity contribution < 1.29 is 15.0 Å². The van der Waals surface area contributed by atoms with Crippen LogP contribution in [-0.4, -0.2) is 28.8 Å². The lowest BCUT2D eigenvalue weighted by Crippen LogP contribution is -2.55. The fourth-order valence-electron chi connectivity index (χ4n) is 2.37. The number of carboxylic acids is 1. The van der Waals surface area contributed by atoms with Crippen molar-refractivity contribution in [3.8, 4) is 0 Å². The van der Waals surface area contributed by atoms with Crippen LogP contribution < -0.4 is 5.32 Å². The van der Waals surface area contributed by atoms with Gasteiger partial charge in [-0.1, -0.05) is 36.8 Å². The molecule has 0 radical (unpaired) electrons. The van der Waals surface area contributed by atoms with E-state index < -0.39 is 17.6 Å². The summed E-state index contributed by atoms with van der Waals surface area (Å²) in [6.45, 7) is 0.757. The summed E-state index contributed by atoms with van der Waals surface area (Å²) in [5.41, 5.74) is -1.39. The molecule has 0 aliphatic carbocycles. The summed E-state index contributed by atoms with van der Waals surface area (Å²) < 4.78 is 0. The van der Waals surface area contributed by atoms with Crippen LogP contribution in [0.15, 0.2) is 30.3 Å². The monoisotopic (exact) mass is 235 g/mol. The van der Waals surface area contributed by atoms with E-state index >= 15 is 0 Å². The van der Waals surface area contributed by atoms with E-state index in [1.807, 2.05) is 0 Å². The lowest BCUT2D eigenvalue weighted by atomic mass is 9.82. The summed E-state index contributed by atoms with van der Waals surface area (Å²) in [7, 11) is 0. The van der Waals surface area contributed by atoms with Gasteiger partial charge >= 0.3 is 5.97 Å². The predicted octanol–water partition coefficient (Wildman–Crippen LogP) is 1.10. The first-order valence-corrected chi connectivity index (χ1v) is 5.90. The number of nitrogens with one attached hydrogen (secondary N) is 1. The highest BCUT2D eigenvalue weighted by Gasteiger charge is 2.45. The van der Waals surface area contributed by atoms with Gasteiger partial charge in [-0.25, -0.2) is 4.79 Å². The molecule has 0 amide bonds. The number of hydrogen-bond acceptors (Lipinski definition) is 3. The molecule has 1 heterocycles. The third-order valence-electron chi connectivity index (χ3n) is 3.35. The summed E-state index contributed by atoms with van der Waals surface area (Å²) >= 11 is 0. The highest BCUT2D eigenvalue weighted by Crippen LogP contribution is 2.29. The van der Waals surface area contributed by atoms with Crippen LogP contribution in [0.25, 0.3) is 0 Å². The van der Waals surface area contributed by atoms with Gasteiger partial charge in [-0.2, -0.15) is 0 Å². The first-order chi connectivity index (χ1) is 8.15. The minimum atomic E-state index is -1.83. The van der Waals surface area contributed by atoms with E-state index in [-0.39, 0.29) is 0 Å². The Labute approximate surface area is 100 Å². The topological polar surface area (TPSA) is 69.6 Å². The summed E-state index contributed by atoms with van der Waals surface area (Å²) in [4.78, 5) is 11.4. The average Bonchev–Trinajstić information content (AvgIpc) is 2.39. The lowest BCUT2D eigenvalue weighted by Gasteiger charge is -2.36. The van der Waals surface area contributed by atoms with Gasteiger partial charge in [0.1, 0.15) is 0 Å². The summed E-state index contributed by atoms with van der Waals surface area (Å²) in [5.74, 6) is -1.19. The average molecular weight is 235 g/mol. The maximum atomic E-state index is 11.4. The van der Waals surface area contributed by atoms with E-state index in [0.717, 1.165) is 19.4 Å². The lowest BCUT2D eigenvalue weighted by molar-refractivity contribution is -0.164. The number of benzene rings is 1. The van der Waals surface area contributed by atoms with Gasteiger partial charge in [0.2, 0.25) is 5.60 Å². The Hall–Kier alpha value is -1.39. The van der Waals surface area contributed by atoms with Gasteiger partial charge in [-0.05, 0) is 24.9 Å². The quantitative estimate of drug-likeness (QED) is 0.734.